The van der Waals surface area contributed by atoms with Crippen LogP contribution in [0.3, 0.4) is 0 Å². The Hall–Kier alpha value is -4.01. The van der Waals surface area contributed by atoms with Gasteiger partial charge in [-0.25, -0.2) is 9.59 Å². The van der Waals surface area contributed by atoms with Crippen LogP contribution >= 0.6 is 0 Å². The summed E-state index contributed by atoms with van der Waals surface area (Å²) in [5, 5.41) is 5.73. The molecule has 0 spiro atoms. The Balaban J connectivity index is 1.97. The van der Waals surface area contributed by atoms with Crippen molar-refractivity contribution in [2.45, 2.75) is 26.3 Å². The molecule has 1 heterocycles. The molecule has 180 valence electrons. The maximum Gasteiger partial charge on any atom is 0.337 e. The predicted molar refractivity (Wildman–Crippen MR) is 127 cm³/mol. The third-order valence-corrected chi connectivity index (χ3v) is 5.58. The van der Waals surface area contributed by atoms with Gasteiger partial charge < -0.3 is 24.8 Å². The molecule has 1 aliphatic rings. The number of carbonyl (C=O) groups is 3. The summed E-state index contributed by atoms with van der Waals surface area (Å²) >= 11 is 0. The number of nitrogens with zero attached hydrogens (tertiary/aromatic N) is 1. The van der Waals surface area contributed by atoms with Gasteiger partial charge >= 0.3 is 12.0 Å². The summed E-state index contributed by atoms with van der Waals surface area (Å²) in [7, 11) is 4.25. The molecule has 2 aromatic rings. The van der Waals surface area contributed by atoms with Crippen LogP contribution in [0.5, 0.6) is 11.5 Å². The standard InChI is InChI=1S/C25H29N3O6/c1-6-13-28-15(2)20(24(30)34-5)22(27-25(28)31)16-9-7-10-17(14-16)26-23(29)21-18(32-3)11-8-12-19(21)33-4/h7-12,14,22H,6,13H2,1-5H3,(H,26,29)(H,27,31). The van der Waals surface area contributed by atoms with Crippen molar-refractivity contribution in [3.05, 3.63) is 64.9 Å². The smallest absolute Gasteiger partial charge is 0.337 e. The van der Waals surface area contributed by atoms with Crippen molar-refractivity contribution < 1.29 is 28.6 Å². The highest BCUT2D eigenvalue weighted by molar-refractivity contribution is 6.08. The number of benzene rings is 2. The first-order valence-electron chi connectivity index (χ1n) is 10.9. The largest absolute Gasteiger partial charge is 0.496 e. The molecule has 1 atom stereocenters. The molecule has 1 aliphatic heterocycles. The second kappa shape index (κ2) is 10.7. The molecule has 2 aromatic carbocycles. The lowest BCUT2D eigenvalue weighted by Crippen LogP contribution is -2.48. The summed E-state index contributed by atoms with van der Waals surface area (Å²) in [6, 6.07) is 11.0. The molecule has 9 heteroatoms. The maximum absolute atomic E-state index is 13.1. The average molecular weight is 468 g/mol. The van der Waals surface area contributed by atoms with E-state index in [1.165, 1.54) is 26.2 Å². The van der Waals surface area contributed by atoms with Crippen LogP contribution in [0.4, 0.5) is 10.5 Å². The zero-order valence-corrected chi connectivity index (χ0v) is 19.9. The zero-order valence-electron chi connectivity index (χ0n) is 19.9. The van der Waals surface area contributed by atoms with Crippen LogP contribution in [-0.4, -0.2) is 50.7 Å². The first-order chi connectivity index (χ1) is 16.4. The first-order valence-corrected chi connectivity index (χ1v) is 10.9. The molecule has 0 saturated heterocycles. The number of allylic oxidation sites excluding steroid dienone is 1. The molecular formula is C25H29N3O6. The molecule has 3 amide bonds. The number of amides is 3. The fourth-order valence-corrected chi connectivity index (χ4v) is 3.96. The lowest BCUT2D eigenvalue weighted by atomic mass is 9.94. The Labute approximate surface area is 198 Å². The number of methoxy groups -OCH3 is 3. The second-order valence-corrected chi connectivity index (χ2v) is 7.64. The number of carbonyl (C=O) groups excluding carboxylic acids is 3. The fourth-order valence-electron chi connectivity index (χ4n) is 3.96. The Bertz CT molecular complexity index is 1110. The van der Waals surface area contributed by atoms with E-state index in [-0.39, 0.29) is 11.6 Å². The van der Waals surface area contributed by atoms with Gasteiger partial charge in [0, 0.05) is 17.9 Å². The summed E-state index contributed by atoms with van der Waals surface area (Å²) < 4.78 is 15.6. The monoisotopic (exact) mass is 467 g/mol. The number of esters is 1. The van der Waals surface area contributed by atoms with E-state index >= 15 is 0 Å². The Morgan fingerprint density at radius 1 is 1.06 bits per heavy atom. The topological polar surface area (TPSA) is 106 Å². The number of rotatable bonds is 8. The average Bonchev–Trinajstić information content (AvgIpc) is 2.85. The van der Waals surface area contributed by atoms with E-state index in [0.717, 1.165) is 6.42 Å². The lowest BCUT2D eigenvalue weighted by Gasteiger charge is -2.35. The minimum absolute atomic E-state index is 0.255. The molecule has 2 N–H and O–H groups in total. The van der Waals surface area contributed by atoms with Crippen LogP contribution in [0.2, 0.25) is 0 Å². The molecule has 0 aromatic heterocycles. The number of hydrogen-bond acceptors (Lipinski definition) is 6. The van der Waals surface area contributed by atoms with E-state index < -0.39 is 17.9 Å². The second-order valence-electron chi connectivity index (χ2n) is 7.64. The van der Waals surface area contributed by atoms with Gasteiger partial charge in [-0.2, -0.15) is 0 Å². The predicted octanol–water partition coefficient (Wildman–Crippen LogP) is 3.88. The van der Waals surface area contributed by atoms with Crippen molar-refractivity contribution in [3.63, 3.8) is 0 Å². The summed E-state index contributed by atoms with van der Waals surface area (Å²) in [5.74, 6) is -0.213. The number of anilines is 1. The van der Waals surface area contributed by atoms with E-state index in [1.54, 1.807) is 49.4 Å². The van der Waals surface area contributed by atoms with Gasteiger partial charge in [0.1, 0.15) is 17.1 Å². The summed E-state index contributed by atoms with van der Waals surface area (Å²) in [4.78, 5) is 40.0. The molecule has 0 fully saturated rings. The van der Waals surface area contributed by atoms with Crippen LogP contribution in [0.15, 0.2) is 53.7 Å². The molecule has 1 unspecified atom stereocenters. The molecular weight excluding hydrogens is 438 g/mol. The van der Waals surface area contributed by atoms with Gasteiger partial charge in [0.25, 0.3) is 5.91 Å². The van der Waals surface area contributed by atoms with Gasteiger partial charge in [-0.3, -0.25) is 9.69 Å². The highest BCUT2D eigenvalue weighted by Crippen LogP contribution is 2.33. The van der Waals surface area contributed by atoms with Gasteiger partial charge in [0.05, 0.1) is 32.9 Å². The fraction of sp³-hybridized carbons (Fsp3) is 0.320. The van der Waals surface area contributed by atoms with Gasteiger partial charge in [0.2, 0.25) is 0 Å². The Morgan fingerprint density at radius 2 is 1.71 bits per heavy atom. The Morgan fingerprint density at radius 3 is 2.29 bits per heavy atom. The third kappa shape index (κ3) is 4.83. The number of ether oxygens (including phenoxy) is 3. The van der Waals surface area contributed by atoms with Crippen LogP contribution < -0.4 is 20.1 Å². The summed E-state index contributed by atoms with van der Waals surface area (Å²) in [6.45, 7) is 4.16. The quantitative estimate of drug-likeness (QED) is 0.571. The van der Waals surface area contributed by atoms with Crippen molar-refractivity contribution >= 4 is 23.6 Å². The van der Waals surface area contributed by atoms with Crippen molar-refractivity contribution in [3.8, 4) is 11.5 Å². The third-order valence-electron chi connectivity index (χ3n) is 5.58. The zero-order chi connectivity index (χ0) is 24.8. The van der Waals surface area contributed by atoms with Crippen molar-refractivity contribution in [2.75, 3.05) is 33.2 Å². The molecule has 3 rings (SSSR count). The van der Waals surface area contributed by atoms with E-state index in [9.17, 15) is 14.4 Å². The SMILES string of the molecule is CCCN1C(=O)NC(c2cccc(NC(=O)c3c(OC)cccc3OC)c2)C(C(=O)OC)=C1C. The number of urea groups is 1. The Kier molecular flexibility index (Phi) is 7.78. The first kappa shape index (κ1) is 24.6. The van der Waals surface area contributed by atoms with Gasteiger partial charge in [-0.05, 0) is 43.2 Å². The number of hydrogen-bond donors (Lipinski definition) is 2. The van der Waals surface area contributed by atoms with Crippen LogP contribution in [0, 0.1) is 0 Å². The highest BCUT2D eigenvalue weighted by atomic mass is 16.5. The molecule has 34 heavy (non-hydrogen) atoms. The van der Waals surface area contributed by atoms with Gasteiger partial charge in [-0.15, -0.1) is 0 Å². The maximum atomic E-state index is 13.1. The molecule has 0 radical (unpaired) electrons. The van der Waals surface area contributed by atoms with Gasteiger partial charge in [0.15, 0.2) is 0 Å². The molecule has 0 aliphatic carbocycles. The minimum atomic E-state index is -0.731. The van der Waals surface area contributed by atoms with Crippen molar-refractivity contribution in [2.24, 2.45) is 0 Å². The summed E-state index contributed by atoms with van der Waals surface area (Å²) in [5.41, 5.74) is 2.22. The minimum Gasteiger partial charge on any atom is -0.496 e. The van der Waals surface area contributed by atoms with Crippen molar-refractivity contribution in [1.82, 2.24) is 10.2 Å². The molecule has 0 bridgehead atoms. The summed E-state index contributed by atoms with van der Waals surface area (Å²) in [6.07, 6.45) is 0.734. The number of nitrogens with one attached hydrogen (secondary N) is 2. The molecule has 9 nitrogen and oxygen atoms in total. The van der Waals surface area contributed by atoms with Crippen LogP contribution in [0.1, 0.15) is 42.2 Å². The van der Waals surface area contributed by atoms with E-state index in [4.69, 9.17) is 14.2 Å². The molecule has 0 saturated carbocycles. The highest BCUT2D eigenvalue weighted by Gasteiger charge is 2.36. The van der Waals surface area contributed by atoms with Crippen LogP contribution in [0.25, 0.3) is 0 Å². The normalized spacial score (nSPS) is 15.5. The van der Waals surface area contributed by atoms with E-state index in [2.05, 4.69) is 10.6 Å². The van der Waals surface area contributed by atoms with E-state index in [1.807, 2.05) is 6.92 Å². The van der Waals surface area contributed by atoms with Gasteiger partial charge in [-0.1, -0.05) is 25.1 Å². The lowest BCUT2D eigenvalue weighted by molar-refractivity contribution is -0.136. The van der Waals surface area contributed by atoms with Crippen molar-refractivity contribution in [1.29, 1.82) is 0 Å². The van der Waals surface area contributed by atoms with Crippen LogP contribution in [-0.2, 0) is 9.53 Å². The van der Waals surface area contributed by atoms with E-state index in [0.29, 0.717) is 40.6 Å².